The summed E-state index contributed by atoms with van der Waals surface area (Å²) in [5, 5.41) is 54.3. The summed E-state index contributed by atoms with van der Waals surface area (Å²) < 4.78 is 14.5. The molecule has 0 aliphatic heterocycles. The first-order chi connectivity index (χ1) is 10.5. The lowest BCUT2D eigenvalue weighted by atomic mass is 10.0. The van der Waals surface area contributed by atoms with Gasteiger partial charge in [0.2, 0.25) is 0 Å². The molecule has 10 heteroatoms. The summed E-state index contributed by atoms with van der Waals surface area (Å²) in [6, 6.07) is 0. The monoisotopic (exact) mass is 328 g/mol. The molecule has 6 N–H and O–H groups in total. The van der Waals surface area contributed by atoms with Crippen LogP contribution in [0.1, 0.15) is 0 Å². The van der Waals surface area contributed by atoms with Crippen molar-refractivity contribution in [2.75, 3.05) is 46.2 Å². The first-order valence-electron chi connectivity index (χ1n) is 6.71. The van der Waals surface area contributed by atoms with Gasteiger partial charge in [-0.1, -0.05) is 0 Å². The summed E-state index contributed by atoms with van der Waals surface area (Å²) in [5.74, 6) is -1.20. The molecule has 22 heavy (non-hydrogen) atoms. The van der Waals surface area contributed by atoms with Crippen molar-refractivity contribution in [1.29, 1.82) is 0 Å². The molecule has 0 unspecified atom stereocenters. The highest BCUT2D eigenvalue weighted by molar-refractivity contribution is 5.75. The fraction of sp³-hybridized carbons (Fsp3) is 0.917. The van der Waals surface area contributed by atoms with Crippen LogP contribution in [0, 0.1) is 0 Å². The molecular formula is C12H24O10. The van der Waals surface area contributed by atoms with E-state index in [0.29, 0.717) is 0 Å². The van der Waals surface area contributed by atoms with Crippen molar-refractivity contribution in [3.05, 3.63) is 0 Å². The van der Waals surface area contributed by atoms with E-state index < -0.39 is 37.0 Å². The Morgan fingerprint density at radius 2 is 1.36 bits per heavy atom. The van der Waals surface area contributed by atoms with Gasteiger partial charge >= 0.3 is 5.97 Å². The van der Waals surface area contributed by atoms with Crippen molar-refractivity contribution in [3.8, 4) is 0 Å². The Kier molecular flexibility index (Phi) is 12.2. The molecule has 0 saturated carbocycles. The molecule has 0 fully saturated rings. The van der Waals surface area contributed by atoms with Gasteiger partial charge in [0.05, 0.1) is 39.6 Å². The van der Waals surface area contributed by atoms with E-state index in [2.05, 4.69) is 4.74 Å². The zero-order valence-corrected chi connectivity index (χ0v) is 12.1. The summed E-state index contributed by atoms with van der Waals surface area (Å²) in [5.41, 5.74) is 0. The predicted octanol–water partition coefficient (Wildman–Crippen LogP) is -4.01. The molecule has 0 amide bonds. The Balaban J connectivity index is 3.82. The maximum Gasteiger partial charge on any atom is 0.337 e. The molecule has 0 bridgehead atoms. The van der Waals surface area contributed by atoms with E-state index in [4.69, 9.17) is 24.8 Å². The van der Waals surface area contributed by atoms with E-state index in [9.17, 15) is 20.1 Å². The smallest absolute Gasteiger partial charge is 0.337 e. The van der Waals surface area contributed by atoms with Crippen LogP contribution in [0.3, 0.4) is 0 Å². The van der Waals surface area contributed by atoms with Crippen LogP contribution >= 0.6 is 0 Å². The molecule has 0 aromatic rings. The molecule has 0 spiro atoms. The average molecular weight is 328 g/mol. The standard InChI is InChI=1S/C12H24O10/c13-1-2-20-3-4-21-5-6-22-12(19)11(18)10(17)9(16)8(15)7-14/h8-11,13-18H,1-7H2/t8-,9-,10+,11-/m1/s1. The topological polar surface area (TPSA) is 166 Å². The molecule has 0 aromatic heterocycles. The zero-order chi connectivity index (χ0) is 17.0. The first kappa shape index (κ1) is 21.1. The minimum absolute atomic E-state index is 0.0266. The third-order valence-corrected chi connectivity index (χ3v) is 2.58. The highest BCUT2D eigenvalue weighted by Crippen LogP contribution is 2.06. The Bertz CT molecular complexity index is 287. The zero-order valence-electron chi connectivity index (χ0n) is 12.1. The second kappa shape index (κ2) is 12.7. The number of carbonyl (C=O) groups excluding carboxylic acids is 1. The quantitative estimate of drug-likeness (QED) is 0.145. The summed E-state index contributed by atoms with van der Waals surface area (Å²) in [4.78, 5) is 11.4. The number of esters is 1. The fourth-order valence-corrected chi connectivity index (χ4v) is 1.33. The van der Waals surface area contributed by atoms with E-state index in [-0.39, 0.29) is 39.6 Å². The van der Waals surface area contributed by atoms with Crippen molar-refractivity contribution in [2.45, 2.75) is 24.4 Å². The molecule has 10 nitrogen and oxygen atoms in total. The Hall–Kier alpha value is -0.850. The molecule has 0 rings (SSSR count). The molecule has 0 radical (unpaired) electrons. The fourth-order valence-electron chi connectivity index (χ4n) is 1.33. The van der Waals surface area contributed by atoms with Gasteiger partial charge in [0.25, 0.3) is 0 Å². The van der Waals surface area contributed by atoms with Crippen molar-refractivity contribution >= 4 is 5.97 Å². The number of ether oxygens (including phenoxy) is 3. The van der Waals surface area contributed by atoms with E-state index >= 15 is 0 Å². The molecule has 0 heterocycles. The van der Waals surface area contributed by atoms with E-state index in [1.165, 1.54) is 0 Å². The van der Waals surface area contributed by atoms with Crippen LogP contribution in [0.4, 0.5) is 0 Å². The van der Waals surface area contributed by atoms with Gasteiger partial charge in [0.1, 0.15) is 24.9 Å². The van der Waals surface area contributed by atoms with Crippen LogP contribution in [0.2, 0.25) is 0 Å². The maximum atomic E-state index is 11.4. The van der Waals surface area contributed by atoms with Crippen molar-refractivity contribution < 1.29 is 49.6 Å². The van der Waals surface area contributed by atoms with Crippen LogP contribution in [0.5, 0.6) is 0 Å². The lowest BCUT2D eigenvalue weighted by molar-refractivity contribution is -0.171. The molecular weight excluding hydrogens is 304 g/mol. The number of hydrogen-bond acceptors (Lipinski definition) is 10. The van der Waals surface area contributed by atoms with Gasteiger partial charge < -0.3 is 44.8 Å². The van der Waals surface area contributed by atoms with Gasteiger partial charge in [-0.3, -0.25) is 0 Å². The van der Waals surface area contributed by atoms with Crippen LogP contribution in [0.25, 0.3) is 0 Å². The van der Waals surface area contributed by atoms with Gasteiger partial charge in [-0.25, -0.2) is 4.79 Å². The van der Waals surface area contributed by atoms with Gasteiger partial charge in [-0.2, -0.15) is 0 Å². The second-order valence-electron chi connectivity index (χ2n) is 4.29. The molecule has 0 saturated heterocycles. The highest BCUT2D eigenvalue weighted by Gasteiger charge is 2.35. The minimum Gasteiger partial charge on any atom is -0.461 e. The molecule has 0 aliphatic carbocycles. The number of aliphatic hydroxyl groups is 6. The molecule has 132 valence electrons. The molecule has 0 aromatic carbocycles. The Morgan fingerprint density at radius 1 is 0.818 bits per heavy atom. The normalized spacial score (nSPS) is 16.8. The van der Waals surface area contributed by atoms with E-state index in [1.54, 1.807) is 0 Å². The van der Waals surface area contributed by atoms with Gasteiger partial charge in [-0.15, -0.1) is 0 Å². The average Bonchev–Trinajstić information content (AvgIpc) is 2.54. The number of carbonyl (C=O) groups is 1. The first-order valence-corrected chi connectivity index (χ1v) is 6.71. The third kappa shape index (κ3) is 8.56. The Labute approximate surface area is 127 Å². The second-order valence-corrected chi connectivity index (χ2v) is 4.29. The van der Waals surface area contributed by atoms with Crippen LogP contribution in [0.15, 0.2) is 0 Å². The lowest BCUT2D eigenvalue weighted by Gasteiger charge is -2.24. The maximum absolute atomic E-state index is 11.4. The van der Waals surface area contributed by atoms with E-state index in [1.807, 2.05) is 0 Å². The van der Waals surface area contributed by atoms with Crippen molar-refractivity contribution in [2.24, 2.45) is 0 Å². The van der Waals surface area contributed by atoms with Crippen molar-refractivity contribution in [1.82, 2.24) is 0 Å². The summed E-state index contributed by atoms with van der Waals surface area (Å²) >= 11 is 0. The predicted molar refractivity (Wildman–Crippen MR) is 70.8 cm³/mol. The highest BCUT2D eigenvalue weighted by atomic mass is 16.6. The van der Waals surface area contributed by atoms with Crippen molar-refractivity contribution in [3.63, 3.8) is 0 Å². The van der Waals surface area contributed by atoms with Gasteiger partial charge in [0.15, 0.2) is 6.10 Å². The number of rotatable bonds is 13. The SMILES string of the molecule is O=C(OCCOCCOCCO)[C@H](O)[C@@H](O)[C@H](O)[C@H](O)CO. The summed E-state index contributed by atoms with van der Waals surface area (Å²) in [6.07, 6.45) is -7.65. The van der Waals surface area contributed by atoms with Gasteiger partial charge in [0, 0.05) is 0 Å². The largest absolute Gasteiger partial charge is 0.461 e. The number of hydrogen-bond donors (Lipinski definition) is 6. The molecule has 4 atom stereocenters. The summed E-state index contributed by atoms with van der Waals surface area (Å²) in [6.45, 7) is -0.406. The molecule has 0 aliphatic rings. The minimum atomic E-state index is -2.07. The Morgan fingerprint density at radius 3 is 1.91 bits per heavy atom. The van der Waals surface area contributed by atoms with Crippen LogP contribution in [-0.2, 0) is 19.0 Å². The van der Waals surface area contributed by atoms with Crippen LogP contribution in [-0.4, -0.2) is 107 Å². The lowest BCUT2D eigenvalue weighted by Crippen LogP contribution is -2.49. The van der Waals surface area contributed by atoms with E-state index in [0.717, 1.165) is 0 Å². The number of aliphatic hydroxyl groups excluding tert-OH is 6. The third-order valence-electron chi connectivity index (χ3n) is 2.58. The van der Waals surface area contributed by atoms with Crippen LogP contribution < -0.4 is 0 Å². The van der Waals surface area contributed by atoms with Gasteiger partial charge in [-0.05, 0) is 0 Å². The summed E-state index contributed by atoms with van der Waals surface area (Å²) in [7, 11) is 0.